The minimum Gasteiger partial charge on any atom is -0.324 e. The summed E-state index contributed by atoms with van der Waals surface area (Å²) in [7, 11) is 0. The number of amides is 1. The highest BCUT2D eigenvalue weighted by atomic mass is 16.5. The quantitative estimate of drug-likeness (QED) is 0.375. The fraction of sp³-hybridized carbons (Fsp3) is 0.857. The van der Waals surface area contributed by atoms with Crippen LogP contribution >= 0.6 is 0 Å². The van der Waals surface area contributed by atoms with E-state index < -0.39 is 0 Å². The summed E-state index contributed by atoms with van der Waals surface area (Å²) in [6.07, 6.45) is 1.08. The highest BCUT2D eigenvalue weighted by Crippen LogP contribution is 2.08. The van der Waals surface area contributed by atoms with Crippen LogP contribution < -0.4 is 0 Å². The Balaban J connectivity index is 4.05. The molecular weight excluding hydrogens is 244 g/mol. The van der Waals surface area contributed by atoms with Gasteiger partial charge in [0.2, 0.25) is 5.91 Å². The van der Waals surface area contributed by atoms with Crippen molar-refractivity contribution in [1.29, 1.82) is 0 Å². The molecule has 0 saturated heterocycles. The number of nitrogens with zero attached hydrogens (tertiary/aromatic N) is 2. The lowest BCUT2D eigenvalue weighted by Crippen LogP contribution is -2.49. The minimum absolute atomic E-state index is 0.0274. The first-order chi connectivity index (χ1) is 8.90. The van der Waals surface area contributed by atoms with E-state index in [1.807, 2.05) is 0 Å². The molecule has 0 radical (unpaired) electrons. The second-order valence-corrected chi connectivity index (χ2v) is 5.09. The van der Waals surface area contributed by atoms with E-state index in [4.69, 9.17) is 0 Å². The fourth-order valence-electron chi connectivity index (χ4n) is 2.24. The molecular formula is C14H29N2O3+. The van der Waals surface area contributed by atoms with Gasteiger partial charge in [-0.05, 0) is 27.7 Å². The van der Waals surface area contributed by atoms with Gasteiger partial charge in [0.15, 0.2) is 0 Å². The molecule has 5 heteroatoms. The highest BCUT2D eigenvalue weighted by Gasteiger charge is 2.21. The van der Waals surface area contributed by atoms with E-state index >= 15 is 0 Å². The maximum absolute atomic E-state index is 11.5. The number of hydrogen-bond donors (Lipinski definition) is 1. The molecule has 0 atom stereocenters. The van der Waals surface area contributed by atoms with E-state index in [1.54, 1.807) is 0 Å². The average Bonchev–Trinajstić information content (AvgIpc) is 2.41. The Morgan fingerprint density at radius 1 is 1.05 bits per heavy atom. The summed E-state index contributed by atoms with van der Waals surface area (Å²) in [6, 6.07) is 0. The normalized spacial score (nSPS) is 11.4. The molecule has 1 N–H and O–H groups in total. The monoisotopic (exact) mass is 273 g/mol. The van der Waals surface area contributed by atoms with Crippen molar-refractivity contribution in [2.45, 2.75) is 47.0 Å². The molecule has 19 heavy (non-hydrogen) atoms. The molecule has 0 saturated carbocycles. The summed E-state index contributed by atoms with van der Waals surface area (Å²) in [5.74, 6) is -0.391. The van der Waals surface area contributed by atoms with Gasteiger partial charge in [-0.25, -0.2) is 5.06 Å². The zero-order valence-corrected chi connectivity index (χ0v) is 12.8. The van der Waals surface area contributed by atoms with Crippen molar-refractivity contribution >= 4 is 11.7 Å². The molecule has 0 bridgehead atoms. The molecule has 112 valence electrons. The smallest absolute Gasteiger partial charge is 0.246 e. The third-order valence-corrected chi connectivity index (χ3v) is 3.99. The van der Waals surface area contributed by atoms with E-state index in [0.29, 0.717) is 6.54 Å². The second-order valence-electron chi connectivity index (χ2n) is 5.09. The standard InChI is InChI=1S/C14H29N2O3/c1-5-16(6-2,7-3)12-8-11-15(19)14(18)10-9-13(4)17/h19H,5-12H2,1-4H3/q+1. The van der Waals surface area contributed by atoms with Gasteiger partial charge in [0.25, 0.3) is 0 Å². The minimum atomic E-state index is -0.363. The van der Waals surface area contributed by atoms with Crippen molar-refractivity contribution in [3.63, 3.8) is 0 Å². The highest BCUT2D eigenvalue weighted by molar-refractivity contribution is 5.82. The van der Waals surface area contributed by atoms with Crippen molar-refractivity contribution in [3.8, 4) is 0 Å². The maximum atomic E-state index is 11.5. The summed E-state index contributed by atoms with van der Waals surface area (Å²) < 4.78 is 1.01. The van der Waals surface area contributed by atoms with Crippen LogP contribution in [0.25, 0.3) is 0 Å². The van der Waals surface area contributed by atoms with Crippen LogP contribution in [0.1, 0.15) is 47.0 Å². The molecule has 0 heterocycles. The predicted molar refractivity (Wildman–Crippen MR) is 74.8 cm³/mol. The van der Waals surface area contributed by atoms with Gasteiger partial charge in [0, 0.05) is 19.3 Å². The Bertz CT molecular complexity index is 280. The topological polar surface area (TPSA) is 57.6 Å². The number of hydrogen-bond acceptors (Lipinski definition) is 3. The number of Topliss-reactive ketones (excluding diaryl/α,β-unsaturated/α-hetero) is 1. The molecule has 0 fully saturated rings. The number of ketones is 1. The molecule has 0 aromatic heterocycles. The average molecular weight is 273 g/mol. The summed E-state index contributed by atoms with van der Waals surface area (Å²) >= 11 is 0. The lowest BCUT2D eigenvalue weighted by atomic mass is 10.2. The zero-order valence-electron chi connectivity index (χ0n) is 12.8. The van der Waals surface area contributed by atoms with Gasteiger partial charge in [0.1, 0.15) is 5.78 Å². The molecule has 0 aliphatic heterocycles. The SMILES string of the molecule is CC[N+](CC)(CC)CCCN(O)C(=O)CCC(C)=O. The van der Waals surface area contributed by atoms with Gasteiger partial charge in [-0.2, -0.15) is 0 Å². The fourth-order valence-corrected chi connectivity index (χ4v) is 2.24. The Kier molecular flexibility index (Phi) is 8.59. The summed E-state index contributed by atoms with van der Waals surface area (Å²) in [5, 5.41) is 10.4. The van der Waals surface area contributed by atoms with Gasteiger partial charge in [0.05, 0.1) is 32.7 Å². The Morgan fingerprint density at radius 3 is 2.00 bits per heavy atom. The molecule has 0 unspecified atom stereocenters. The number of carbonyl (C=O) groups is 2. The Labute approximate surface area is 116 Å². The number of carbonyl (C=O) groups excluding carboxylic acids is 2. The van der Waals surface area contributed by atoms with Gasteiger partial charge in [-0.3, -0.25) is 10.0 Å². The lowest BCUT2D eigenvalue weighted by molar-refractivity contribution is -0.923. The van der Waals surface area contributed by atoms with Gasteiger partial charge in [-0.15, -0.1) is 0 Å². The van der Waals surface area contributed by atoms with Crippen molar-refractivity contribution in [2.24, 2.45) is 0 Å². The van der Waals surface area contributed by atoms with Gasteiger partial charge < -0.3 is 9.28 Å². The van der Waals surface area contributed by atoms with Crippen LogP contribution in [0.3, 0.4) is 0 Å². The third kappa shape index (κ3) is 6.68. The molecule has 0 spiro atoms. The summed E-state index contributed by atoms with van der Waals surface area (Å²) in [4.78, 5) is 22.3. The molecule has 0 rings (SSSR count). The Hall–Kier alpha value is -0.940. The summed E-state index contributed by atoms with van der Waals surface area (Å²) in [5.41, 5.74) is 0. The van der Waals surface area contributed by atoms with E-state index in [-0.39, 0.29) is 24.5 Å². The van der Waals surface area contributed by atoms with E-state index in [9.17, 15) is 14.8 Å². The van der Waals surface area contributed by atoms with Crippen LogP contribution in [0.5, 0.6) is 0 Å². The van der Waals surface area contributed by atoms with Crippen LogP contribution in [0.4, 0.5) is 0 Å². The molecule has 0 aliphatic rings. The van der Waals surface area contributed by atoms with Crippen LogP contribution in [-0.4, -0.2) is 59.2 Å². The van der Waals surface area contributed by atoms with E-state index in [2.05, 4.69) is 20.8 Å². The van der Waals surface area contributed by atoms with Crippen LogP contribution in [0.15, 0.2) is 0 Å². The van der Waals surface area contributed by atoms with Crippen molar-refractivity contribution in [3.05, 3.63) is 0 Å². The Morgan fingerprint density at radius 2 is 1.58 bits per heavy atom. The lowest BCUT2D eigenvalue weighted by Gasteiger charge is -2.36. The predicted octanol–water partition coefficient (Wildman–Crippen LogP) is 1.84. The van der Waals surface area contributed by atoms with Crippen molar-refractivity contribution < 1.29 is 19.3 Å². The van der Waals surface area contributed by atoms with E-state index in [1.165, 1.54) is 6.92 Å². The first-order valence-electron chi connectivity index (χ1n) is 7.24. The molecule has 5 nitrogen and oxygen atoms in total. The maximum Gasteiger partial charge on any atom is 0.246 e. The van der Waals surface area contributed by atoms with Crippen molar-refractivity contribution in [2.75, 3.05) is 32.7 Å². The largest absolute Gasteiger partial charge is 0.324 e. The second kappa shape index (κ2) is 9.04. The number of hydroxylamine groups is 2. The molecule has 0 aromatic rings. The van der Waals surface area contributed by atoms with Crippen molar-refractivity contribution in [1.82, 2.24) is 5.06 Å². The zero-order chi connectivity index (χ0) is 14.9. The number of rotatable bonds is 10. The third-order valence-electron chi connectivity index (χ3n) is 3.99. The molecule has 0 aliphatic carbocycles. The van der Waals surface area contributed by atoms with Crippen LogP contribution in [-0.2, 0) is 9.59 Å². The van der Waals surface area contributed by atoms with Crippen LogP contribution in [0, 0.1) is 0 Å². The van der Waals surface area contributed by atoms with Gasteiger partial charge in [-0.1, -0.05) is 0 Å². The summed E-state index contributed by atoms with van der Waals surface area (Å²) in [6.45, 7) is 12.5. The van der Waals surface area contributed by atoms with Crippen LogP contribution in [0.2, 0.25) is 0 Å². The molecule has 1 amide bonds. The van der Waals surface area contributed by atoms with Gasteiger partial charge >= 0.3 is 0 Å². The molecule has 0 aromatic carbocycles. The number of quaternary nitrogens is 1. The first kappa shape index (κ1) is 18.1. The first-order valence-corrected chi connectivity index (χ1v) is 7.24. The van der Waals surface area contributed by atoms with E-state index in [0.717, 1.165) is 42.1 Å².